The van der Waals surface area contributed by atoms with Gasteiger partial charge in [-0.05, 0) is 13.0 Å². The number of likely N-dealkylation sites (N-methyl/N-ethyl adjacent to an activating group) is 1. The minimum atomic E-state index is 0.142. The molecule has 2 aromatic rings. The molecule has 100 valence electrons. The van der Waals surface area contributed by atoms with Crippen molar-refractivity contribution in [1.29, 1.82) is 0 Å². The normalized spacial score (nSPS) is 11.3. The van der Waals surface area contributed by atoms with Crippen molar-refractivity contribution in [3.63, 3.8) is 0 Å². The zero-order valence-corrected chi connectivity index (χ0v) is 11.7. The second-order valence-corrected chi connectivity index (χ2v) is 5.13. The van der Waals surface area contributed by atoms with Gasteiger partial charge in [0.25, 0.3) is 0 Å². The molecule has 5 nitrogen and oxygen atoms in total. The van der Waals surface area contributed by atoms with Gasteiger partial charge >= 0.3 is 0 Å². The summed E-state index contributed by atoms with van der Waals surface area (Å²) >= 11 is 1.63. The number of rotatable bonds is 7. The molecule has 0 radical (unpaired) electrons. The summed E-state index contributed by atoms with van der Waals surface area (Å²) in [4.78, 5) is 7.63. The summed E-state index contributed by atoms with van der Waals surface area (Å²) in [6.07, 6.45) is 3.17. The van der Waals surface area contributed by atoms with Crippen LogP contribution < -0.4 is 10.2 Å². The van der Waals surface area contributed by atoms with E-state index in [4.69, 9.17) is 5.11 Å². The Morgan fingerprint density at radius 3 is 3.11 bits per heavy atom. The van der Waals surface area contributed by atoms with Gasteiger partial charge in [0.05, 0.1) is 12.3 Å². The van der Waals surface area contributed by atoms with Gasteiger partial charge < -0.3 is 15.3 Å². The zero-order chi connectivity index (χ0) is 13.0. The minimum absolute atomic E-state index is 0.142. The highest BCUT2D eigenvalue weighted by Gasteiger charge is 2.15. The van der Waals surface area contributed by atoms with Crippen LogP contribution in [0.15, 0.2) is 11.6 Å². The first-order chi connectivity index (χ1) is 8.77. The number of aromatic nitrogens is 2. The molecule has 2 N–H and O–H groups in total. The van der Waals surface area contributed by atoms with E-state index in [0.29, 0.717) is 6.54 Å². The highest BCUT2D eigenvalue weighted by Crippen LogP contribution is 2.23. The second-order valence-electron chi connectivity index (χ2n) is 4.26. The maximum atomic E-state index is 9.04. The summed E-state index contributed by atoms with van der Waals surface area (Å²) < 4.78 is 2.12. The lowest BCUT2D eigenvalue weighted by Gasteiger charge is -2.17. The minimum Gasteiger partial charge on any atom is -0.395 e. The van der Waals surface area contributed by atoms with Gasteiger partial charge in [-0.3, -0.25) is 4.40 Å². The number of anilines is 1. The third-order valence-corrected chi connectivity index (χ3v) is 3.61. The van der Waals surface area contributed by atoms with Gasteiger partial charge in [0, 0.05) is 31.7 Å². The van der Waals surface area contributed by atoms with E-state index in [-0.39, 0.29) is 6.61 Å². The smallest absolute Gasteiger partial charge is 0.195 e. The van der Waals surface area contributed by atoms with E-state index in [2.05, 4.69) is 21.6 Å². The number of imidazole rings is 1. The molecule has 0 aliphatic carbocycles. The first-order valence-electron chi connectivity index (χ1n) is 6.25. The summed E-state index contributed by atoms with van der Waals surface area (Å²) in [5, 5.41) is 14.5. The average molecular weight is 268 g/mol. The summed E-state index contributed by atoms with van der Waals surface area (Å²) in [7, 11) is 1.96. The van der Waals surface area contributed by atoms with Crippen molar-refractivity contribution >= 4 is 22.1 Å². The Kier molecular flexibility index (Phi) is 4.57. The van der Waals surface area contributed by atoms with Crippen molar-refractivity contribution in [1.82, 2.24) is 14.7 Å². The van der Waals surface area contributed by atoms with Gasteiger partial charge in [-0.25, -0.2) is 4.98 Å². The third kappa shape index (κ3) is 2.66. The predicted molar refractivity (Wildman–Crippen MR) is 75.4 cm³/mol. The van der Waals surface area contributed by atoms with Gasteiger partial charge in [0.15, 0.2) is 10.8 Å². The topological polar surface area (TPSA) is 52.8 Å². The maximum absolute atomic E-state index is 9.04. The molecule has 6 heteroatoms. The van der Waals surface area contributed by atoms with E-state index in [9.17, 15) is 0 Å². The lowest BCUT2D eigenvalue weighted by molar-refractivity contribution is 0.304. The number of hydrogen-bond donors (Lipinski definition) is 2. The third-order valence-electron chi connectivity index (χ3n) is 2.86. The Morgan fingerprint density at radius 2 is 2.39 bits per heavy atom. The fourth-order valence-electron chi connectivity index (χ4n) is 1.93. The molecule has 0 aliphatic heterocycles. The summed E-state index contributed by atoms with van der Waals surface area (Å²) in [5.41, 5.74) is 1.16. The molecule has 0 atom stereocenters. The van der Waals surface area contributed by atoms with Crippen LogP contribution in [0.3, 0.4) is 0 Å². The van der Waals surface area contributed by atoms with E-state index in [0.717, 1.165) is 36.0 Å². The number of nitrogens with zero attached hydrogens (tertiary/aromatic N) is 3. The molecule has 18 heavy (non-hydrogen) atoms. The van der Waals surface area contributed by atoms with Gasteiger partial charge in [-0.1, -0.05) is 6.92 Å². The molecule has 2 aromatic heterocycles. The summed E-state index contributed by atoms with van der Waals surface area (Å²) in [6, 6.07) is 0. The lowest BCUT2D eigenvalue weighted by atomic mass is 10.3. The second kappa shape index (κ2) is 6.17. The van der Waals surface area contributed by atoms with Crippen LogP contribution in [-0.2, 0) is 6.54 Å². The van der Waals surface area contributed by atoms with Crippen LogP contribution in [0.25, 0.3) is 4.96 Å². The van der Waals surface area contributed by atoms with Crippen molar-refractivity contribution in [3.05, 3.63) is 17.3 Å². The Balaban J connectivity index is 2.26. The summed E-state index contributed by atoms with van der Waals surface area (Å²) in [5.74, 6) is 0.958. The molecule has 0 fully saturated rings. The zero-order valence-electron chi connectivity index (χ0n) is 10.9. The highest BCUT2D eigenvalue weighted by atomic mass is 32.1. The van der Waals surface area contributed by atoms with Crippen LogP contribution in [0.2, 0.25) is 0 Å². The lowest BCUT2D eigenvalue weighted by Crippen LogP contribution is -2.24. The number of hydrogen-bond acceptors (Lipinski definition) is 5. The average Bonchev–Trinajstić information content (AvgIpc) is 2.91. The Labute approximate surface area is 111 Å². The molecule has 0 bridgehead atoms. The molecule has 0 amide bonds. The van der Waals surface area contributed by atoms with Crippen LogP contribution in [0.4, 0.5) is 5.82 Å². The molecule has 0 aliphatic rings. The van der Waals surface area contributed by atoms with Gasteiger partial charge in [0.2, 0.25) is 0 Å². The van der Waals surface area contributed by atoms with E-state index >= 15 is 0 Å². The predicted octanol–water partition coefficient (Wildman–Crippen LogP) is 1.32. The molecule has 0 saturated heterocycles. The van der Waals surface area contributed by atoms with Crippen molar-refractivity contribution < 1.29 is 5.11 Å². The van der Waals surface area contributed by atoms with Crippen molar-refractivity contribution in [2.24, 2.45) is 0 Å². The largest absolute Gasteiger partial charge is 0.395 e. The Bertz CT molecular complexity index is 493. The highest BCUT2D eigenvalue weighted by molar-refractivity contribution is 7.15. The van der Waals surface area contributed by atoms with Gasteiger partial charge in [0.1, 0.15) is 0 Å². The molecule has 0 spiro atoms. The van der Waals surface area contributed by atoms with Crippen LogP contribution >= 0.6 is 11.3 Å². The van der Waals surface area contributed by atoms with Crippen LogP contribution in [0, 0.1) is 0 Å². The molecule has 2 rings (SSSR count). The van der Waals surface area contributed by atoms with Crippen molar-refractivity contribution in [2.75, 3.05) is 31.6 Å². The van der Waals surface area contributed by atoms with Gasteiger partial charge in [-0.2, -0.15) is 0 Å². The number of thiazole rings is 1. The summed E-state index contributed by atoms with van der Waals surface area (Å²) in [6.45, 7) is 4.70. The molecule has 0 aromatic carbocycles. The standard InChI is InChI=1S/C12H20N4OS/c1-3-4-13-9-10-11(15(2)5-7-17)14-12-16(10)6-8-18-12/h6,8,13,17H,3-5,7,9H2,1-2H3. The molecule has 0 unspecified atom stereocenters. The Morgan fingerprint density at radius 1 is 1.56 bits per heavy atom. The molecular formula is C12H20N4OS. The van der Waals surface area contributed by atoms with Gasteiger partial charge in [-0.15, -0.1) is 11.3 Å². The first kappa shape index (κ1) is 13.3. The van der Waals surface area contributed by atoms with Crippen LogP contribution in [0.1, 0.15) is 19.0 Å². The molecule has 0 saturated carbocycles. The van der Waals surface area contributed by atoms with Crippen LogP contribution in [-0.4, -0.2) is 41.2 Å². The monoisotopic (exact) mass is 268 g/mol. The molecular weight excluding hydrogens is 248 g/mol. The Hall–Kier alpha value is -1.11. The van der Waals surface area contributed by atoms with E-state index in [1.807, 2.05) is 23.5 Å². The van der Waals surface area contributed by atoms with E-state index < -0.39 is 0 Å². The van der Waals surface area contributed by atoms with E-state index in [1.165, 1.54) is 0 Å². The van der Waals surface area contributed by atoms with E-state index in [1.54, 1.807) is 11.3 Å². The maximum Gasteiger partial charge on any atom is 0.195 e. The van der Waals surface area contributed by atoms with Crippen molar-refractivity contribution in [3.8, 4) is 0 Å². The fraction of sp³-hybridized carbons (Fsp3) is 0.583. The number of fused-ring (bicyclic) bond motifs is 1. The van der Waals surface area contributed by atoms with Crippen LogP contribution in [0.5, 0.6) is 0 Å². The van der Waals surface area contributed by atoms with Crippen molar-refractivity contribution in [2.45, 2.75) is 19.9 Å². The SMILES string of the molecule is CCCNCc1c(N(C)CCO)nc2sccn12. The number of aliphatic hydroxyl groups is 1. The first-order valence-corrected chi connectivity index (χ1v) is 7.13. The quantitative estimate of drug-likeness (QED) is 0.744. The number of aliphatic hydroxyl groups excluding tert-OH is 1. The fourth-order valence-corrected chi connectivity index (χ4v) is 2.66. The number of nitrogens with one attached hydrogen (secondary N) is 1. The molecule has 2 heterocycles.